The van der Waals surface area contributed by atoms with Crippen LogP contribution in [-0.4, -0.2) is 22.9 Å². The van der Waals surface area contributed by atoms with Crippen LogP contribution in [0.25, 0.3) is 11.0 Å². The molecule has 2 aromatic carbocycles. The van der Waals surface area contributed by atoms with E-state index in [0.717, 1.165) is 64.7 Å². The van der Waals surface area contributed by atoms with E-state index in [1.807, 2.05) is 12.1 Å². The smallest absolute Gasteiger partial charge is 0.137 e. The van der Waals surface area contributed by atoms with Gasteiger partial charge in [0, 0.05) is 19.3 Å². The minimum Gasteiger partial charge on any atom is -0.497 e. The Balaban J connectivity index is 1.11. The SMILES string of the molecule is COc1ccc(Cc2nc3ccc(CC(=O)CC4C5CC6CC(C5)CC4C6)cc3[nH]2)cc1. The van der Waals surface area contributed by atoms with Crippen LogP contribution in [0.3, 0.4) is 0 Å². The number of methoxy groups -OCH3 is 1. The summed E-state index contributed by atoms with van der Waals surface area (Å²) >= 11 is 0. The van der Waals surface area contributed by atoms with E-state index in [1.54, 1.807) is 7.11 Å². The van der Waals surface area contributed by atoms with E-state index >= 15 is 0 Å². The molecule has 4 bridgehead atoms. The lowest BCUT2D eigenvalue weighted by molar-refractivity contribution is -0.123. The Morgan fingerprint density at radius 1 is 0.969 bits per heavy atom. The van der Waals surface area contributed by atoms with Crippen molar-refractivity contribution in [3.8, 4) is 5.75 Å². The molecule has 7 rings (SSSR count). The van der Waals surface area contributed by atoms with Crippen molar-refractivity contribution in [3.05, 3.63) is 59.4 Å². The summed E-state index contributed by atoms with van der Waals surface area (Å²) in [7, 11) is 1.68. The molecule has 166 valence electrons. The maximum atomic E-state index is 13.0. The quantitative estimate of drug-likeness (QED) is 0.522. The van der Waals surface area contributed by atoms with Gasteiger partial charge in [-0.25, -0.2) is 4.98 Å². The number of hydrogen-bond donors (Lipinski definition) is 1. The van der Waals surface area contributed by atoms with Crippen molar-refractivity contribution in [2.45, 2.75) is 51.4 Å². The molecule has 4 fully saturated rings. The first-order valence-corrected chi connectivity index (χ1v) is 12.2. The number of Topliss-reactive ketones (excluding diaryl/α,β-unsaturated/α-hetero) is 1. The van der Waals surface area contributed by atoms with E-state index in [9.17, 15) is 4.79 Å². The summed E-state index contributed by atoms with van der Waals surface area (Å²) in [5.74, 6) is 6.47. The molecule has 32 heavy (non-hydrogen) atoms. The van der Waals surface area contributed by atoms with Gasteiger partial charge in [0.1, 0.15) is 17.4 Å². The van der Waals surface area contributed by atoms with Crippen LogP contribution in [-0.2, 0) is 17.6 Å². The van der Waals surface area contributed by atoms with Crippen LogP contribution in [0.5, 0.6) is 5.75 Å². The Labute approximate surface area is 189 Å². The number of aromatic amines is 1. The zero-order valence-corrected chi connectivity index (χ0v) is 18.8. The second-order valence-electron chi connectivity index (χ2n) is 10.6. The highest BCUT2D eigenvalue weighted by Crippen LogP contribution is 2.57. The highest BCUT2D eigenvalue weighted by molar-refractivity contribution is 5.83. The van der Waals surface area contributed by atoms with Crippen LogP contribution >= 0.6 is 0 Å². The lowest BCUT2D eigenvalue weighted by atomic mass is 9.51. The van der Waals surface area contributed by atoms with Crippen molar-refractivity contribution < 1.29 is 9.53 Å². The highest BCUT2D eigenvalue weighted by atomic mass is 16.5. The lowest BCUT2D eigenvalue weighted by Crippen LogP contribution is -2.45. The standard InChI is InChI=1S/C28H32N2O2/c1-32-24-5-2-17(3-6-24)15-28-29-26-7-4-18(14-27(26)30-28)13-23(31)16-25-21-9-19-8-20(11-21)12-22(25)10-19/h2-7,14,19-22,25H,8-13,15-16H2,1H3,(H,29,30). The van der Waals surface area contributed by atoms with Gasteiger partial charge in [0.25, 0.3) is 0 Å². The Bertz CT molecular complexity index is 1100. The summed E-state index contributed by atoms with van der Waals surface area (Å²) in [5, 5.41) is 0. The molecule has 4 heteroatoms. The minimum atomic E-state index is 0.416. The molecule has 0 aliphatic heterocycles. The number of imidazole rings is 1. The number of benzene rings is 2. The van der Waals surface area contributed by atoms with Crippen molar-refractivity contribution in [3.63, 3.8) is 0 Å². The zero-order chi connectivity index (χ0) is 21.7. The summed E-state index contributed by atoms with van der Waals surface area (Å²) in [4.78, 5) is 21.2. The lowest BCUT2D eigenvalue weighted by Gasteiger charge is -2.54. The fourth-order valence-corrected chi connectivity index (χ4v) is 7.17. The average molecular weight is 429 g/mol. The molecule has 0 amide bonds. The topological polar surface area (TPSA) is 55.0 Å². The third-order valence-corrected chi connectivity index (χ3v) is 8.41. The minimum absolute atomic E-state index is 0.416. The number of carbonyl (C=O) groups is 1. The van der Waals surface area contributed by atoms with Crippen LogP contribution in [0.2, 0.25) is 0 Å². The van der Waals surface area contributed by atoms with Gasteiger partial charge in [-0.2, -0.15) is 0 Å². The second kappa shape index (κ2) is 8.06. The van der Waals surface area contributed by atoms with Crippen molar-refractivity contribution in [1.82, 2.24) is 9.97 Å². The molecule has 0 radical (unpaired) electrons. The summed E-state index contributed by atoms with van der Waals surface area (Å²) in [6.07, 6.45) is 9.12. The number of ether oxygens (including phenoxy) is 1. The first-order chi connectivity index (χ1) is 15.6. The number of nitrogens with one attached hydrogen (secondary N) is 1. The van der Waals surface area contributed by atoms with Gasteiger partial charge < -0.3 is 9.72 Å². The molecule has 1 aromatic heterocycles. The third-order valence-electron chi connectivity index (χ3n) is 8.41. The maximum absolute atomic E-state index is 13.0. The number of carbonyl (C=O) groups excluding carboxylic acids is 1. The molecule has 3 aromatic rings. The largest absolute Gasteiger partial charge is 0.497 e. The molecule has 0 atom stereocenters. The molecule has 0 saturated heterocycles. The summed E-state index contributed by atoms with van der Waals surface area (Å²) < 4.78 is 5.24. The first-order valence-electron chi connectivity index (χ1n) is 12.2. The molecular formula is C28H32N2O2. The third kappa shape index (κ3) is 3.85. The summed E-state index contributed by atoms with van der Waals surface area (Å²) in [6.45, 7) is 0. The Hall–Kier alpha value is -2.62. The zero-order valence-electron chi connectivity index (χ0n) is 18.8. The van der Waals surface area contributed by atoms with Crippen LogP contribution in [0, 0.1) is 29.6 Å². The Morgan fingerprint density at radius 3 is 2.34 bits per heavy atom. The van der Waals surface area contributed by atoms with E-state index in [-0.39, 0.29) is 0 Å². The fraction of sp³-hybridized carbons (Fsp3) is 0.500. The van der Waals surface area contributed by atoms with Crippen LogP contribution < -0.4 is 4.74 Å². The van der Waals surface area contributed by atoms with Crippen LogP contribution in [0.4, 0.5) is 0 Å². The predicted octanol–water partition coefficient (Wildman–Crippen LogP) is 5.74. The molecule has 4 aliphatic rings. The van der Waals surface area contributed by atoms with E-state index < -0.39 is 0 Å². The first kappa shape index (κ1) is 20.0. The number of H-pyrrole nitrogens is 1. The molecule has 0 unspecified atom stereocenters. The normalized spacial score (nSPS) is 28.3. The van der Waals surface area contributed by atoms with Crippen molar-refractivity contribution in [2.75, 3.05) is 7.11 Å². The van der Waals surface area contributed by atoms with E-state index in [1.165, 1.54) is 37.7 Å². The maximum Gasteiger partial charge on any atom is 0.137 e. The molecule has 0 spiro atoms. The van der Waals surface area contributed by atoms with Gasteiger partial charge in [0.15, 0.2) is 0 Å². The van der Waals surface area contributed by atoms with Crippen LogP contribution in [0.1, 0.15) is 55.5 Å². The van der Waals surface area contributed by atoms with Gasteiger partial charge in [-0.15, -0.1) is 0 Å². The molecule has 4 nitrogen and oxygen atoms in total. The van der Waals surface area contributed by atoms with E-state index in [2.05, 4.69) is 35.3 Å². The summed E-state index contributed by atoms with van der Waals surface area (Å²) in [5.41, 5.74) is 4.28. The monoisotopic (exact) mass is 428 g/mol. The van der Waals surface area contributed by atoms with Gasteiger partial charge >= 0.3 is 0 Å². The second-order valence-corrected chi connectivity index (χ2v) is 10.6. The number of hydrogen-bond acceptors (Lipinski definition) is 3. The molecular weight excluding hydrogens is 396 g/mol. The number of nitrogens with zero attached hydrogens (tertiary/aromatic N) is 1. The van der Waals surface area contributed by atoms with Gasteiger partial charge in [0.2, 0.25) is 0 Å². The van der Waals surface area contributed by atoms with Crippen molar-refractivity contribution in [2.24, 2.45) is 29.6 Å². The number of fused-ring (bicyclic) bond motifs is 1. The van der Waals surface area contributed by atoms with Crippen molar-refractivity contribution in [1.29, 1.82) is 0 Å². The Kier molecular flexibility index (Phi) is 5.04. The van der Waals surface area contributed by atoms with Gasteiger partial charge in [-0.05, 0) is 97.1 Å². The molecule has 1 heterocycles. The predicted molar refractivity (Wildman–Crippen MR) is 126 cm³/mol. The molecule has 1 N–H and O–H groups in total. The number of aromatic nitrogens is 2. The van der Waals surface area contributed by atoms with E-state index in [4.69, 9.17) is 9.72 Å². The number of rotatable bonds is 7. The average Bonchev–Trinajstić information content (AvgIpc) is 3.18. The molecule has 4 aliphatic carbocycles. The van der Waals surface area contributed by atoms with Gasteiger partial charge in [-0.1, -0.05) is 18.2 Å². The molecule has 4 saturated carbocycles. The highest BCUT2D eigenvalue weighted by Gasteiger charge is 2.48. The number of ketones is 1. The van der Waals surface area contributed by atoms with Crippen LogP contribution in [0.15, 0.2) is 42.5 Å². The van der Waals surface area contributed by atoms with Gasteiger partial charge in [-0.3, -0.25) is 4.79 Å². The Morgan fingerprint density at radius 2 is 1.66 bits per heavy atom. The fourth-order valence-electron chi connectivity index (χ4n) is 7.17. The van der Waals surface area contributed by atoms with E-state index in [0.29, 0.717) is 18.1 Å². The van der Waals surface area contributed by atoms with Gasteiger partial charge in [0.05, 0.1) is 18.1 Å². The van der Waals surface area contributed by atoms with Crippen molar-refractivity contribution >= 4 is 16.8 Å². The summed E-state index contributed by atoms with van der Waals surface area (Å²) in [6, 6.07) is 14.3.